The van der Waals surface area contributed by atoms with Gasteiger partial charge in [-0.1, -0.05) is 13.8 Å². The predicted molar refractivity (Wildman–Crippen MR) is 114 cm³/mol. The monoisotopic (exact) mass is 386 g/mol. The quantitative estimate of drug-likeness (QED) is 0.724. The van der Waals surface area contributed by atoms with Crippen molar-refractivity contribution in [2.75, 3.05) is 7.05 Å². The van der Waals surface area contributed by atoms with Gasteiger partial charge in [0.1, 0.15) is 0 Å². The lowest BCUT2D eigenvalue weighted by atomic mass is 9.43. The first-order valence-electron chi connectivity index (χ1n) is 12.2. The average molecular weight is 387 g/mol. The Morgan fingerprint density at radius 3 is 2.46 bits per heavy atom. The van der Waals surface area contributed by atoms with Crippen LogP contribution in [0.5, 0.6) is 0 Å². The molecule has 0 aromatic carbocycles. The Morgan fingerprint density at radius 2 is 1.75 bits per heavy atom. The predicted octanol–water partition coefficient (Wildman–Crippen LogP) is 4.90. The maximum Gasteiger partial charge on any atom is 0.217 e. The van der Waals surface area contributed by atoms with Gasteiger partial charge in [-0.25, -0.2) is 0 Å². The molecule has 0 radical (unpaired) electrons. The van der Waals surface area contributed by atoms with Gasteiger partial charge in [-0.2, -0.15) is 0 Å². The Morgan fingerprint density at radius 1 is 0.964 bits per heavy atom. The minimum atomic E-state index is 0.139. The maximum atomic E-state index is 11.7. The summed E-state index contributed by atoms with van der Waals surface area (Å²) in [6, 6.07) is 1.08. The largest absolute Gasteiger partial charge is 0.354 e. The van der Waals surface area contributed by atoms with E-state index in [9.17, 15) is 4.79 Å². The van der Waals surface area contributed by atoms with E-state index in [-0.39, 0.29) is 5.91 Å². The first-order chi connectivity index (χ1) is 13.2. The SMILES string of the molecule is CN[C@H]1CC[C@]23C[C@]24CC[C@]2(C)[C@@H]([C@H](C)NC(C)=O)CC[C@@]2(C)[C@H]4CC[C@H]3C1. The van der Waals surface area contributed by atoms with Crippen molar-refractivity contribution >= 4 is 5.91 Å². The molecule has 5 rings (SSSR count). The van der Waals surface area contributed by atoms with Crippen molar-refractivity contribution in [3.63, 3.8) is 0 Å². The molecular weight excluding hydrogens is 344 g/mol. The number of rotatable bonds is 3. The van der Waals surface area contributed by atoms with E-state index < -0.39 is 0 Å². The molecule has 5 aliphatic carbocycles. The summed E-state index contributed by atoms with van der Waals surface area (Å²) >= 11 is 0. The normalized spacial score (nSPS) is 55.3. The van der Waals surface area contributed by atoms with Crippen LogP contribution in [0.25, 0.3) is 0 Å². The van der Waals surface area contributed by atoms with Crippen LogP contribution in [0.15, 0.2) is 0 Å². The third-order valence-electron chi connectivity index (χ3n) is 11.7. The van der Waals surface area contributed by atoms with Gasteiger partial charge in [0, 0.05) is 19.0 Å². The van der Waals surface area contributed by atoms with Crippen LogP contribution in [-0.4, -0.2) is 25.0 Å². The summed E-state index contributed by atoms with van der Waals surface area (Å²) in [6.07, 6.45) is 14.3. The van der Waals surface area contributed by atoms with Crippen LogP contribution < -0.4 is 10.6 Å². The first kappa shape index (κ1) is 19.4. The highest BCUT2D eigenvalue weighted by atomic mass is 16.1. The standard InChI is InChI=1S/C25H42N2O/c1-16(27-17(2)28)20-9-10-23(4)21-7-6-18-14-19(26-5)8-11-24(18)15-25(21,24)13-12-22(20,23)3/h16,18-21,26H,6-15H2,1-5H3,(H,27,28)/t16-,18-,19-,20+,21+,22+,23-,24+,25-/m0/s1. The van der Waals surface area contributed by atoms with Gasteiger partial charge in [-0.15, -0.1) is 0 Å². The van der Waals surface area contributed by atoms with Gasteiger partial charge in [-0.3, -0.25) is 4.79 Å². The van der Waals surface area contributed by atoms with Gasteiger partial charge < -0.3 is 10.6 Å². The van der Waals surface area contributed by atoms with Crippen molar-refractivity contribution in [3.05, 3.63) is 0 Å². The number of amides is 1. The van der Waals surface area contributed by atoms with E-state index in [4.69, 9.17) is 0 Å². The Labute approximate surface area is 172 Å². The van der Waals surface area contributed by atoms with E-state index in [1.165, 1.54) is 57.8 Å². The van der Waals surface area contributed by atoms with Gasteiger partial charge in [0.25, 0.3) is 0 Å². The van der Waals surface area contributed by atoms with Crippen LogP contribution in [0.4, 0.5) is 0 Å². The fourth-order valence-electron chi connectivity index (χ4n) is 10.2. The van der Waals surface area contributed by atoms with E-state index in [1.807, 2.05) is 0 Å². The van der Waals surface area contributed by atoms with Crippen molar-refractivity contribution in [1.82, 2.24) is 10.6 Å². The lowest BCUT2D eigenvalue weighted by molar-refractivity contribution is -0.130. The molecule has 28 heavy (non-hydrogen) atoms. The van der Waals surface area contributed by atoms with Crippen LogP contribution in [0, 0.1) is 39.4 Å². The molecule has 2 N–H and O–H groups in total. The summed E-state index contributed by atoms with van der Waals surface area (Å²) in [6.45, 7) is 9.22. The van der Waals surface area contributed by atoms with Crippen LogP contribution >= 0.6 is 0 Å². The molecule has 5 fully saturated rings. The molecule has 3 heteroatoms. The zero-order valence-corrected chi connectivity index (χ0v) is 18.9. The van der Waals surface area contributed by atoms with Gasteiger partial charge in [0.15, 0.2) is 0 Å². The van der Waals surface area contributed by atoms with E-state index >= 15 is 0 Å². The minimum absolute atomic E-state index is 0.139. The second kappa shape index (κ2) is 5.99. The lowest BCUT2D eigenvalue weighted by Gasteiger charge is -2.61. The second-order valence-electron chi connectivity index (χ2n) is 12.0. The molecule has 3 nitrogen and oxygen atoms in total. The average Bonchev–Trinajstić information content (AvgIpc) is 3.22. The first-order valence-corrected chi connectivity index (χ1v) is 12.2. The van der Waals surface area contributed by atoms with Crippen molar-refractivity contribution in [2.24, 2.45) is 39.4 Å². The molecule has 0 aliphatic heterocycles. The molecule has 0 aromatic rings. The zero-order valence-electron chi connectivity index (χ0n) is 18.9. The highest BCUT2D eigenvalue weighted by Gasteiger charge is 2.80. The van der Waals surface area contributed by atoms with Gasteiger partial charge in [0.05, 0.1) is 0 Å². The molecule has 158 valence electrons. The molecule has 5 saturated carbocycles. The molecule has 0 unspecified atom stereocenters. The van der Waals surface area contributed by atoms with Crippen molar-refractivity contribution in [1.29, 1.82) is 0 Å². The van der Waals surface area contributed by atoms with Crippen LogP contribution in [0.1, 0.15) is 91.9 Å². The molecule has 5 aliphatic rings. The summed E-state index contributed by atoms with van der Waals surface area (Å²) in [5, 5.41) is 6.85. The van der Waals surface area contributed by atoms with Crippen molar-refractivity contribution in [2.45, 2.75) is 104 Å². The lowest BCUT2D eigenvalue weighted by Crippen LogP contribution is -2.56. The topological polar surface area (TPSA) is 41.1 Å². The van der Waals surface area contributed by atoms with Gasteiger partial charge in [-0.05, 0) is 118 Å². The second-order valence-corrected chi connectivity index (χ2v) is 12.0. The molecule has 1 amide bonds. The third-order valence-corrected chi connectivity index (χ3v) is 11.7. The van der Waals surface area contributed by atoms with Crippen molar-refractivity contribution in [3.8, 4) is 0 Å². The summed E-state index contributed by atoms with van der Waals surface area (Å²) in [4.78, 5) is 11.7. The summed E-state index contributed by atoms with van der Waals surface area (Å²) < 4.78 is 0. The molecule has 2 spiro atoms. The van der Waals surface area contributed by atoms with Crippen LogP contribution in [0.2, 0.25) is 0 Å². The molecule has 0 aromatic heterocycles. The molecule has 0 bridgehead atoms. The number of hydrogen-bond acceptors (Lipinski definition) is 2. The number of carbonyl (C=O) groups is 1. The van der Waals surface area contributed by atoms with Crippen LogP contribution in [-0.2, 0) is 4.79 Å². The summed E-state index contributed by atoms with van der Waals surface area (Å²) in [7, 11) is 2.17. The maximum absolute atomic E-state index is 11.7. The van der Waals surface area contributed by atoms with Gasteiger partial charge >= 0.3 is 0 Å². The molecule has 9 atom stereocenters. The number of fused-ring (bicyclic) bond motifs is 2. The number of hydrogen-bond donors (Lipinski definition) is 2. The Bertz CT molecular complexity index is 677. The fourth-order valence-corrected chi connectivity index (χ4v) is 10.2. The highest BCUT2D eigenvalue weighted by Crippen LogP contribution is 2.87. The Kier molecular flexibility index (Phi) is 4.15. The smallest absolute Gasteiger partial charge is 0.217 e. The molecular formula is C25H42N2O. The molecule has 0 heterocycles. The molecule has 0 saturated heterocycles. The third kappa shape index (κ3) is 2.18. The Balaban J connectivity index is 1.43. The van der Waals surface area contributed by atoms with E-state index in [0.717, 1.165) is 17.9 Å². The highest BCUT2D eigenvalue weighted by molar-refractivity contribution is 5.73. The van der Waals surface area contributed by atoms with Crippen molar-refractivity contribution < 1.29 is 4.79 Å². The summed E-state index contributed by atoms with van der Waals surface area (Å²) in [5.74, 6) is 2.69. The Hall–Kier alpha value is -0.570. The fraction of sp³-hybridized carbons (Fsp3) is 0.960. The number of nitrogens with one attached hydrogen (secondary N) is 2. The van der Waals surface area contributed by atoms with E-state index in [2.05, 4.69) is 38.5 Å². The minimum Gasteiger partial charge on any atom is -0.354 e. The van der Waals surface area contributed by atoms with E-state index in [1.54, 1.807) is 13.3 Å². The zero-order chi connectivity index (χ0) is 19.9. The van der Waals surface area contributed by atoms with Gasteiger partial charge in [0.2, 0.25) is 5.91 Å². The number of carbonyl (C=O) groups excluding carboxylic acids is 1. The van der Waals surface area contributed by atoms with E-state index in [0.29, 0.717) is 33.6 Å². The van der Waals surface area contributed by atoms with Crippen LogP contribution in [0.3, 0.4) is 0 Å². The summed E-state index contributed by atoms with van der Waals surface area (Å²) in [5.41, 5.74) is 2.24.